The van der Waals surface area contributed by atoms with Crippen LogP contribution in [0.25, 0.3) is 0 Å². The van der Waals surface area contributed by atoms with E-state index in [2.05, 4.69) is 5.32 Å². The number of carbonyl (C=O) groups is 2. The SMILES string of the molecule is CCOC(=O)[C@@H](C)Cc1ccc(Cl)c(NC(=O)[C@H](c2ccc(C(C)(C)C(F)(F)F)cc2)[C@@H](C)C(F)(F)F)c1. The summed E-state index contributed by atoms with van der Waals surface area (Å²) in [4.78, 5) is 25.1. The molecule has 4 nitrogen and oxygen atoms in total. The Hall–Kier alpha value is -2.75. The van der Waals surface area contributed by atoms with Crippen LogP contribution in [0.1, 0.15) is 57.2 Å². The van der Waals surface area contributed by atoms with Crippen molar-refractivity contribution in [1.29, 1.82) is 0 Å². The predicted octanol–water partition coefficient (Wildman–Crippen LogP) is 7.84. The van der Waals surface area contributed by atoms with Crippen LogP contribution in [0.4, 0.5) is 32.0 Å². The maximum atomic E-state index is 13.7. The first-order valence-corrected chi connectivity index (χ1v) is 12.3. The summed E-state index contributed by atoms with van der Waals surface area (Å²) >= 11 is 6.19. The largest absolute Gasteiger partial charge is 0.466 e. The zero-order chi connectivity index (χ0) is 29.1. The van der Waals surface area contributed by atoms with Crippen LogP contribution in [-0.4, -0.2) is 30.8 Å². The molecule has 0 aliphatic rings. The standard InChI is InChI=1S/C27H30ClF6NO3/c1-6-38-24(37)15(2)13-17-7-12-20(28)21(14-17)35-23(36)22(16(3)26(29,30)31)18-8-10-19(11-9-18)25(4,5)27(32,33)34/h7-12,14-16,22H,6,13H2,1-5H3,(H,35,36)/t15-,16+,22-/m0/s1. The van der Waals surface area contributed by atoms with Crippen LogP contribution in [0.5, 0.6) is 0 Å². The Bertz CT molecular complexity index is 1130. The quantitative estimate of drug-likeness (QED) is 0.249. The van der Waals surface area contributed by atoms with Gasteiger partial charge in [0.25, 0.3) is 0 Å². The van der Waals surface area contributed by atoms with Gasteiger partial charge in [-0.15, -0.1) is 0 Å². The van der Waals surface area contributed by atoms with Crippen molar-refractivity contribution in [3.05, 3.63) is 64.2 Å². The number of nitrogens with one attached hydrogen (secondary N) is 1. The van der Waals surface area contributed by atoms with E-state index in [4.69, 9.17) is 16.3 Å². The molecule has 0 aliphatic heterocycles. The fraction of sp³-hybridized carbons (Fsp3) is 0.481. The molecule has 3 atom stereocenters. The van der Waals surface area contributed by atoms with E-state index in [9.17, 15) is 35.9 Å². The zero-order valence-corrected chi connectivity index (χ0v) is 22.3. The first-order valence-electron chi connectivity index (χ1n) is 11.9. The minimum atomic E-state index is -4.77. The van der Waals surface area contributed by atoms with E-state index in [-0.39, 0.29) is 34.9 Å². The number of hydrogen-bond donors (Lipinski definition) is 1. The minimum absolute atomic E-state index is 0.0411. The van der Waals surface area contributed by atoms with Gasteiger partial charge >= 0.3 is 18.3 Å². The number of esters is 1. The lowest BCUT2D eigenvalue weighted by Gasteiger charge is -2.29. The Morgan fingerprint density at radius 3 is 2.05 bits per heavy atom. The third kappa shape index (κ3) is 7.42. The van der Waals surface area contributed by atoms with E-state index in [0.29, 0.717) is 5.56 Å². The Labute approximate surface area is 222 Å². The number of anilines is 1. The summed E-state index contributed by atoms with van der Waals surface area (Å²) in [5, 5.41) is 2.49. The van der Waals surface area contributed by atoms with Crippen LogP contribution in [0.3, 0.4) is 0 Å². The Morgan fingerprint density at radius 2 is 1.55 bits per heavy atom. The topological polar surface area (TPSA) is 55.4 Å². The lowest BCUT2D eigenvalue weighted by molar-refractivity contribution is -0.180. The smallest absolute Gasteiger partial charge is 0.397 e. The second kappa shape index (κ2) is 12.0. The van der Waals surface area contributed by atoms with Gasteiger partial charge in [0, 0.05) is 0 Å². The van der Waals surface area contributed by atoms with E-state index in [1.807, 2.05) is 0 Å². The number of halogens is 7. The molecule has 2 aromatic carbocycles. The Kier molecular flexibility index (Phi) is 9.91. The van der Waals surface area contributed by atoms with Gasteiger partial charge in [0.1, 0.15) is 0 Å². The van der Waals surface area contributed by atoms with Crippen molar-refractivity contribution in [3.8, 4) is 0 Å². The van der Waals surface area contributed by atoms with Gasteiger partial charge in [0.05, 0.1) is 40.5 Å². The van der Waals surface area contributed by atoms with Gasteiger partial charge < -0.3 is 10.1 Å². The van der Waals surface area contributed by atoms with Gasteiger partial charge in [-0.2, -0.15) is 26.3 Å². The summed E-state index contributed by atoms with van der Waals surface area (Å²) in [5.74, 6) is -5.90. The highest BCUT2D eigenvalue weighted by Gasteiger charge is 2.49. The molecule has 0 spiro atoms. The molecule has 2 aromatic rings. The highest BCUT2D eigenvalue weighted by Crippen LogP contribution is 2.42. The molecule has 0 fully saturated rings. The van der Waals surface area contributed by atoms with Crippen LogP contribution in [0.2, 0.25) is 5.02 Å². The van der Waals surface area contributed by atoms with Gasteiger partial charge in [-0.1, -0.05) is 55.8 Å². The molecular weight excluding hydrogens is 536 g/mol. The molecule has 0 aromatic heterocycles. The van der Waals surface area contributed by atoms with Crippen molar-refractivity contribution in [3.63, 3.8) is 0 Å². The summed E-state index contributed by atoms with van der Waals surface area (Å²) in [5.41, 5.74) is -1.87. The normalized spacial score (nSPS) is 14.9. The molecule has 0 unspecified atom stereocenters. The molecule has 210 valence electrons. The lowest BCUT2D eigenvalue weighted by atomic mass is 9.81. The second-order valence-electron chi connectivity index (χ2n) is 9.71. The molecular formula is C27H30ClF6NO3. The maximum absolute atomic E-state index is 13.7. The molecule has 1 amide bonds. The van der Waals surface area contributed by atoms with Gasteiger partial charge in [-0.05, 0) is 56.0 Å². The van der Waals surface area contributed by atoms with Gasteiger partial charge in [0.2, 0.25) is 5.91 Å². The fourth-order valence-corrected chi connectivity index (χ4v) is 4.02. The second-order valence-corrected chi connectivity index (χ2v) is 10.1. The summed E-state index contributed by atoms with van der Waals surface area (Å²) in [6.45, 7) is 6.28. The number of alkyl halides is 6. The molecule has 0 saturated heterocycles. The third-order valence-corrected chi connectivity index (χ3v) is 6.85. The van der Waals surface area contributed by atoms with Crippen molar-refractivity contribution in [2.24, 2.45) is 11.8 Å². The molecule has 1 N–H and O–H groups in total. The average molecular weight is 566 g/mol. The van der Waals surface area contributed by atoms with Crippen molar-refractivity contribution in [2.75, 3.05) is 11.9 Å². The average Bonchev–Trinajstić information content (AvgIpc) is 2.80. The molecule has 0 aliphatic carbocycles. The first kappa shape index (κ1) is 31.5. The molecule has 38 heavy (non-hydrogen) atoms. The van der Waals surface area contributed by atoms with E-state index < -0.39 is 47.4 Å². The molecule has 2 rings (SSSR count). The number of hydrogen-bond acceptors (Lipinski definition) is 3. The van der Waals surface area contributed by atoms with Crippen LogP contribution in [0.15, 0.2) is 42.5 Å². The van der Waals surface area contributed by atoms with E-state index in [1.54, 1.807) is 19.9 Å². The predicted molar refractivity (Wildman–Crippen MR) is 133 cm³/mol. The van der Waals surface area contributed by atoms with Crippen LogP contribution >= 0.6 is 11.6 Å². The summed E-state index contributed by atoms with van der Waals surface area (Å²) in [6, 6.07) is 8.89. The number of amides is 1. The van der Waals surface area contributed by atoms with E-state index in [0.717, 1.165) is 45.0 Å². The van der Waals surface area contributed by atoms with Crippen LogP contribution in [-0.2, 0) is 26.2 Å². The Morgan fingerprint density at radius 1 is 0.974 bits per heavy atom. The molecule has 0 saturated carbocycles. The monoisotopic (exact) mass is 565 g/mol. The maximum Gasteiger partial charge on any atom is 0.397 e. The summed E-state index contributed by atoms with van der Waals surface area (Å²) < 4.78 is 86.4. The highest BCUT2D eigenvalue weighted by molar-refractivity contribution is 6.33. The highest BCUT2D eigenvalue weighted by atomic mass is 35.5. The fourth-order valence-electron chi connectivity index (χ4n) is 3.85. The van der Waals surface area contributed by atoms with Gasteiger partial charge in [-0.25, -0.2) is 0 Å². The van der Waals surface area contributed by atoms with E-state index in [1.165, 1.54) is 12.1 Å². The van der Waals surface area contributed by atoms with Crippen LogP contribution in [0, 0.1) is 11.8 Å². The lowest BCUT2D eigenvalue weighted by Crippen LogP contribution is -2.36. The number of rotatable bonds is 9. The number of carbonyl (C=O) groups excluding carboxylic acids is 2. The van der Waals surface area contributed by atoms with Gasteiger partial charge in [0.15, 0.2) is 0 Å². The van der Waals surface area contributed by atoms with Crippen molar-refractivity contribution in [2.45, 2.75) is 64.7 Å². The molecule has 0 radical (unpaired) electrons. The Balaban J connectivity index is 2.40. The summed E-state index contributed by atoms with van der Waals surface area (Å²) in [6.07, 6.45) is -9.12. The van der Waals surface area contributed by atoms with Crippen LogP contribution < -0.4 is 5.32 Å². The van der Waals surface area contributed by atoms with Crippen molar-refractivity contribution < 1.29 is 40.7 Å². The molecule has 11 heteroatoms. The van der Waals surface area contributed by atoms with Crippen molar-refractivity contribution in [1.82, 2.24) is 0 Å². The minimum Gasteiger partial charge on any atom is -0.466 e. The third-order valence-electron chi connectivity index (χ3n) is 6.52. The van der Waals surface area contributed by atoms with E-state index >= 15 is 0 Å². The number of benzene rings is 2. The summed E-state index contributed by atoms with van der Waals surface area (Å²) in [7, 11) is 0. The first-order chi connectivity index (χ1) is 17.4. The molecule has 0 bridgehead atoms. The molecule has 0 heterocycles. The van der Waals surface area contributed by atoms with Gasteiger partial charge in [-0.3, -0.25) is 9.59 Å². The number of ether oxygens (including phenoxy) is 1. The zero-order valence-electron chi connectivity index (χ0n) is 21.6. The van der Waals surface area contributed by atoms with Crippen molar-refractivity contribution >= 4 is 29.2 Å².